The third-order valence-electron chi connectivity index (χ3n) is 1.88. The molecule has 1 atom stereocenters. The second-order valence-corrected chi connectivity index (χ2v) is 4.79. The van der Waals surface area contributed by atoms with Gasteiger partial charge in [0.05, 0.1) is 7.11 Å². The Bertz CT molecular complexity index is 339. The Balaban J connectivity index is 2.65. The van der Waals surface area contributed by atoms with Crippen LogP contribution < -0.4 is 10.1 Å². The first-order valence-corrected chi connectivity index (χ1v) is 5.61. The minimum Gasteiger partial charge on any atom is -0.497 e. The van der Waals surface area contributed by atoms with E-state index < -0.39 is 0 Å². The lowest BCUT2D eigenvalue weighted by Gasteiger charge is -2.07. The summed E-state index contributed by atoms with van der Waals surface area (Å²) in [4.78, 5) is 11.9. The third-order valence-corrected chi connectivity index (χ3v) is 2.20. The van der Waals surface area contributed by atoms with Gasteiger partial charge in [-0.25, -0.2) is 0 Å². The third kappa shape index (κ3) is 3.91. The molecule has 1 rings (SSSR count). The predicted molar refractivity (Wildman–Crippen MR) is 63.7 cm³/mol. The number of hydrogen-bond acceptors (Lipinski definition) is 2. The molecule has 1 N–H and O–H groups in total. The van der Waals surface area contributed by atoms with Gasteiger partial charge in [0.1, 0.15) is 5.75 Å². The number of nitrogens with one attached hydrogen (secondary N) is 1. The van der Waals surface area contributed by atoms with Crippen molar-refractivity contribution in [3.05, 3.63) is 29.8 Å². The molecule has 1 amide bonds. The highest BCUT2D eigenvalue weighted by atomic mass is 79.9. The molecule has 0 aliphatic rings. The fourth-order valence-electron chi connectivity index (χ4n) is 1.10. The molecule has 3 nitrogen and oxygen atoms in total. The maximum Gasteiger partial charge on any atom is 0.251 e. The van der Waals surface area contributed by atoms with Crippen molar-refractivity contribution in [3.63, 3.8) is 0 Å². The van der Waals surface area contributed by atoms with Crippen molar-refractivity contribution in [1.29, 1.82) is 0 Å². The fourth-order valence-corrected chi connectivity index (χ4v) is 1.26. The maximum absolute atomic E-state index is 11.6. The van der Waals surface area contributed by atoms with Gasteiger partial charge in [-0.05, 0) is 18.2 Å². The molecule has 1 unspecified atom stereocenters. The number of ether oxygens (including phenoxy) is 1. The quantitative estimate of drug-likeness (QED) is 0.853. The van der Waals surface area contributed by atoms with Crippen LogP contribution in [0.2, 0.25) is 0 Å². The zero-order valence-electron chi connectivity index (χ0n) is 8.79. The molecule has 0 aromatic heterocycles. The van der Waals surface area contributed by atoms with Gasteiger partial charge >= 0.3 is 0 Å². The molecule has 0 bridgehead atoms. The van der Waals surface area contributed by atoms with E-state index >= 15 is 0 Å². The van der Waals surface area contributed by atoms with Crippen molar-refractivity contribution in [2.24, 2.45) is 0 Å². The summed E-state index contributed by atoms with van der Waals surface area (Å²) in [5.74, 6) is 0.606. The van der Waals surface area contributed by atoms with E-state index in [1.165, 1.54) is 0 Å². The normalized spacial score (nSPS) is 11.9. The molecule has 0 heterocycles. The Morgan fingerprint density at radius 3 is 2.93 bits per heavy atom. The monoisotopic (exact) mass is 271 g/mol. The lowest BCUT2D eigenvalue weighted by Crippen LogP contribution is -2.28. The van der Waals surface area contributed by atoms with Gasteiger partial charge in [0.25, 0.3) is 5.91 Å². The first-order valence-electron chi connectivity index (χ1n) is 4.70. The van der Waals surface area contributed by atoms with Crippen LogP contribution in [0.25, 0.3) is 0 Å². The van der Waals surface area contributed by atoms with E-state index in [1.807, 2.05) is 13.0 Å². The lowest BCUT2D eigenvalue weighted by atomic mass is 10.2. The largest absolute Gasteiger partial charge is 0.497 e. The van der Waals surface area contributed by atoms with Crippen LogP contribution in [0.4, 0.5) is 0 Å². The highest BCUT2D eigenvalue weighted by Gasteiger charge is 2.06. The Hall–Kier alpha value is -1.03. The zero-order chi connectivity index (χ0) is 11.3. The molecule has 1 aromatic carbocycles. The first kappa shape index (κ1) is 12.0. The topological polar surface area (TPSA) is 38.3 Å². The zero-order valence-corrected chi connectivity index (χ0v) is 10.4. The number of amides is 1. The van der Waals surface area contributed by atoms with Crippen LogP contribution in [-0.2, 0) is 0 Å². The Morgan fingerprint density at radius 2 is 2.33 bits per heavy atom. The van der Waals surface area contributed by atoms with Crippen molar-refractivity contribution < 1.29 is 9.53 Å². The summed E-state index contributed by atoms with van der Waals surface area (Å²) in [6.07, 6.45) is 0. The lowest BCUT2D eigenvalue weighted by molar-refractivity contribution is 0.0954. The first-order chi connectivity index (χ1) is 7.13. The molecule has 0 aliphatic carbocycles. The highest BCUT2D eigenvalue weighted by molar-refractivity contribution is 9.09. The number of carbonyl (C=O) groups excluding carboxylic acids is 1. The van der Waals surface area contributed by atoms with Crippen LogP contribution in [0.15, 0.2) is 24.3 Å². The van der Waals surface area contributed by atoms with E-state index in [0.29, 0.717) is 17.9 Å². The van der Waals surface area contributed by atoms with E-state index in [2.05, 4.69) is 21.2 Å². The highest BCUT2D eigenvalue weighted by Crippen LogP contribution is 2.12. The van der Waals surface area contributed by atoms with Crippen molar-refractivity contribution in [1.82, 2.24) is 5.32 Å². The van der Waals surface area contributed by atoms with Gasteiger partial charge in [-0.15, -0.1) is 0 Å². The van der Waals surface area contributed by atoms with E-state index in [9.17, 15) is 4.79 Å². The molecule has 0 aliphatic heterocycles. The Labute approximate surface area is 97.9 Å². The average Bonchev–Trinajstić information content (AvgIpc) is 2.26. The Morgan fingerprint density at radius 1 is 1.60 bits per heavy atom. The number of hydrogen-bond donors (Lipinski definition) is 1. The number of carbonyl (C=O) groups is 1. The van der Waals surface area contributed by atoms with Gasteiger partial charge in [0.15, 0.2) is 0 Å². The molecule has 4 heteroatoms. The van der Waals surface area contributed by atoms with Crippen LogP contribution in [0.3, 0.4) is 0 Å². The van der Waals surface area contributed by atoms with E-state index in [1.54, 1.807) is 25.3 Å². The number of benzene rings is 1. The Kier molecular flexibility index (Phi) is 4.62. The summed E-state index contributed by atoms with van der Waals surface area (Å²) in [7, 11) is 1.58. The van der Waals surface area contributed by atoms with Gasteiger partial charge in [-0.2, -0.15) is 0 Å². The minimum absolute atomic E-state index is 0.0831. The molecular weight excluding hydrogens is 258 g/mol. The van der Waals surface area contributed by atoms with Gasteiger partial charge < -0.3 is 10.1 Å². The molecule has 0 saturated heterocycles. The number of alkyl halides is 1. The predicted octanol–water partition coefficient (Wildman–Crippen LogP) is 2.21. The van der Waals surface area contributed by atoms with Crippen LogP contribution in [0, 0.1) is 0 Å². The summed E-state index contributed by atoms with van der Waals surface area (Å²) in [6, 6.07) is 7.08. The summed E-state index contributed by atoms with van der Waals surface area (Å²) < 4.78 is 5.04. The SMILES string of the molecule is COc1cccc(C(=O)NCC(C)Br)c1. The van der Waals surface area contributed by atoms with Crippen molar-refractivity contribution in [2.75, 3.05) is 13.7 Å². The second-order valence-electron chi connectivity index (χ2n) is 3.22. The smallest absolute Gasteiger partial charge is 0.251 e. The molecule has 15 heavy (non-hydrogen) atoms. The van der Waals surface area contributed by atoms with Crippen molar-refractivity contribution in [3.8, 4) is 5.75 Å². The summed E-state index contributed by atoms with van der Waals surface area (Å²) in [5, 5.41) is 2.81. The molecule has 0 saturated carbocycles. The number of halogens is 1. The van der Waals surface area contributed by atoms with E-state index in [-0.39, 0.29) is 10.7 Å². The van der Waals surface area contributed by atoms with Crippen LogP contribution in [0.5, 0.6) is 5.75 Å². The molecular formula is C11H14BrNO2. The van der Waals surface area contributed by atoms with Crippen LogP contribution in [-0.4, -0.2) is 24.4 Å². The van der Waals surface area contributed by atoms with E-state index in [0.717, 1.165) is 0 Å². The maximum atomic E-state index is 11.6. The number of rotatable bonds is 4. The summed E-state index contributed by atoms with van der Waals surface area (Å²) in [5.41, 5.74) is 0.613. The minimum atomic E-state index is -0.0831. The van der Waals surface area contributed by atoms with Gasteiger partial charge in [0.2, 0.25) is 0 Å². The van der Waals surface area contributed by atoms with E-state index in [4.69, 9.17) is 4.74 Å². The fraction of sp³-hybridized carbons (Fsp3) is 0.364. The van der Waals surface area contributed by atoms with Crippen LogP contribution in [0.1, 0.15) is 17.3 Å². The summed E-state index contributed by atoms with van der Waals surface area (Å²) in [6.45, 7) is 2.59. The van der Waals surface area contributed by atoms with Crippen molar-refractivity contribution in [2.45, 2.75) is 11.8 Å². The molecule has 1 aromatic rings. The van der Waals surface area contributed by atoms with Gasteiger partial charge in [-0.3, -0.25) is 4.79 Å². The second kappa shape index (κ2) is 5.75. The van der Waals surface area contributed by atoms with Gasteiger partial charge in [0, 0.05) is 16.9 Å². The number of methoxy groups -OCH3 is 1. The van der Waals surface area contributed by atoms with Crippen molar-refractivity contribution >= 4 is 21.8 Å². The molecule has 0 spiro atoms. The average molecular weight is 272 g/mol. The molecule has 0 fully saturated rings. The van der Waals surface area contributed by atoms with Gasteiger partial charge in [-0.1, -0.05) is 28.9 Å². The summed E-state index contributed by atoms with van der Waals surface area (Å²) >= 11 is 3.36. The standard InChI is InChI=1S/C11H14BrNO2/c1-8(12)7-13-11(14)9-4-3-5-10(6-9)15-2/h3-6,8H,7H2,1-2H3,(H,13,14). The van der Waals surface area contributed by atoms with Crippen LogP contribution >= 0.6 is 15.9 Å². The molecule has 82 valence electrons. The molecule has 0 radical (unpaired) electrons.